The predicted octanol–water partition coefficient (Wildman–Crippen LogP) is 3.56. The Kier molecular flexibility index (Phi) is 3.46. The van der Waals surface area contributed by atoms with Crippen LogP contribution in [0.5, 0.6) is 0 Å². The third-order valence-electron chi connectivity index (χ3n) is 3.30. The summed E-state index contributed by atoms with van der Waals surface area (Å²) in [5, 5.41) is 0. The van der Waals surface area contributed by atoms with Gasteiger partial charge in [-0.1, -0.05) is 60.7 Å². The maximum absolute atomic E-state index is 12.2. The lowest BCUT2D eigenvalue weighted by atomic mass is 10.1. The second-order valence-electron chi connectivity index (χ2n) is 4.73. The minimum atomic E-state index is 0.0233. The lowest BCUT2D eigenvalue weighted by Crippen LogP contribution is -2.19. The van der Waals surface area contributed by atoms with Gasteiger partial charge in [-0.2, -0.15) is 0 Å². The van der Waals surface area contributed by atoms with Crippen LogP contribution >= 0.6 is 0 Å². The molecule has 0 atom stereocenters. The molecule has 0 N–H and O–H groups in total. The molecule has 20 heavy (non-hydrogen) atoms. The first-order chi connectivity index (χ1) is 9.83. The van der Waals surface area contributed by atoms with Gasteiger partial charge in [0.1, 0.15) is 0 Å². The average Bonchev–Trinajstić information content (AvgIpc) is 2.51. The number of pyridine rings is 1. The zero-order chi connectivity index (χ0) is 13.8. The van der Waals surface area contributed by atoms with E-state index in [9.17, 15) is 4.79 Å². The molecule has 98 valence electrons. The second kappa shape index (κ2) is 5.57. The van der Waals surface area contributed by atoms with E-state index in [0.717, 1.165) is 16.7 Å². The Bertz CT molecular complexity index is 745. The Hall–Kier alpha value is -2.61. The fourth-order valence-electron chi connectivity index (χ4n) is 2.23. The molecule has 3 rings (SSSR count). The van der Waals surface area contributed by atoms with Crippen molar-refractivity contribution in [2.75, 3.05) is 0 Å². The first kappa shape index (κ1) is 12.4. The first-order valence-corrected chi connectivity index (χ1v) is 6.63. The van der Waals surface area contributed by atoms with Crippen molar-refractivity contribution in [3.05, 3.63) is 94.9 Å². The van der Waals surface area contributed by atoms with Gasteiger partial charge in [-0.25, -0.2) is 0 Å². The lowest BCUT2D eigenvalue weighted by molar-refractivity contribution is 0.760. The Labute approximate surface area is 118 Å². The van der Waals surface area contributed by atoms with Crippen LogP contribution < -0.4 is 5.56 Å². The van der Waals surface area contributed by atoms with Gasteiger partial charge in [0.15, 0.2) is 0 Å². The van der Waals surface area contributed by atoms with E-state index in [-0.39, 0.29) is 5.56 Å². The standard InChI is InChI=1S/C18H15NO/c20-18-13-17(16-9-5-2-6-10-16)11-12-19(18)14-15-7-3-1-4-8-15/h1-13H,14H2. The highest BCUT2D eigenvalue weighted by atomic mass is 16.1. The molecular weight excluding hydrogens is 246 g/mol. The number of nitrogens with zero attached hydrogens (tertiary/aromatic N) is 1. The fraction of sp³-hybridized carbons (Fsp3) is 0.0556. The van der Waals surface area contributed by atoms with Crippen molar-refractivity contribution >= 4 is 0 Å². The van der Waals surface area contributed by atoms with E-state index >= 15 is 0 Å². The zero-order valence-corrected chi connectivity index (χ0v) is 11.1. The number of hydrogen-bond acceptors (Lipinski definition) is 1. The number of benzene rings is 2. The van der Waals surface area contributed by atoms with Crippen molar-refractivity contribution in [3.63, 3.8) is 0 Å². The van der Waals surface area contributed by atoms with Crippen LogP contribution in [0.2, 0.25) is 0 Å². The highest BCUT2D eigenvalue weighted by molar-refractivity contribution is 5.62. The molecule has 2 heteroatoms. The van der Waals surface area contributed by atoms with E-state index < -0.39 is 0 Å². The molecule has 0 saturated carbocycles. The van der Waals surface area contributed by atoms with E-state index in [4.69, 9.17) is 0 Å². The molecule has 0 radical (unpaired) electrons. The predicted molar refractivity (Wildman–Crippen MR) is 81.7 cm³/mol. The number of hydrogen-bond donors (Lipinski definition) is 0. The third kappa shape index (κ3) is 2.69. The maximum Gasteiger partial charge on any atom is 0.251 e. The molecule has 1 aromatic heterocycles. The van der Waals surface area contributed by atoms with Crippen LogP contribution in [-0.2, 0) is 6.54 Å². The average molecular weight is 261 g/mol. The Morgan fingerprint density at radius 1 is 0.750 bits per heavy atom. The maximum atomic E-state index is 12.2. The van der Waals surface area contributed by atoms with Crippen LogP contribution in [-0.4, -0.2) is 4.57 Å². The van der Waals surface area contributed by atoms with Gasteiger partial charge in [0.25, 0.3) is 5.56 Å². The van der Waals surface area contributed by atoms with Gasteiger partial charge in [0, 0.05) is 12.3 Å². The smallest absolute Gasteiger partial charge is 0.251 e. The molecule has 0 aliphatic heterocycles. The van der Waals surface area contributed by atoms with Crippen LogP contribution in [0, 0.1) is 0 Å². The van der Waals surface area contributed by atoms with Crippen molar-refractivity contribution in [3.8, 4) is 11.1 Å². The quantitative estimate of drug-likeness (QED) is 0.706. The summed E-state index contributed by atoms with van der Waals surface area (Å²) < 4.78 is 1.72. The van der Waals surface area contributed by atoms with Gasteiger partial charge >= 0.3 is 0 Å². The van der Waals surface area contributed by atoms with Gasteiger partial charge in [-0.05, 0) is 22.8 Å². The van der Waals surface area contributed by atoms with Crippen LogP contribution in [0.15, 0.2) is 83.8 Å². The first-order valence-electron chi connectivity index (χ1n) is 6.63. The molecule has 0 unspecified atom stereocenters. The molecule has 0 aliphatic carbocycles. The van der Waals surface area contributed by atoms with Crippen molar-refractivity contribution in [2.45, 2.75) is 6.54 Å². The topological polar surface area (TPSA) is 22.0 Å². The Morgan fingerprint density at radius 3 is 2.05 bits per heavy atom. The summed E-state index contributed by atoms with van der Waals surface area (Å²) in [6, 6.07) is 23.6. The van der Waals surface area contributed by atoms with Crippen LogP contribution in [0.25, 0.3) is 11.1 Å². The van der Waals surface area contributed by atoms with E-state index in [1.807, 2.05) is 72.9 Å². The fourth-order valence-corrected chi connectivity index (χ4v) is 2.23. The van der Waals surface area contributed by atoms with Crippen LogP contribution in [0.3, 0.4) is 0 Å². The minimum absolute atomic E-state index is 0.0233. The summed E-state index contributed by atoms with van der Waals surface area (Å²) in [6.07, 6.45) is 1.86. The van der Waals surface area contributed by atoms with Gasteiger partial charge in [0.2, 0.25) is 0 Å². The van der Waals surface area contributed by atoms with Crippen LogP contribution in [0.4, 0.5) is 0 Å². The van der Waals surface area contributed by atoms with Gasteiger partial charge < -0.3 is 4.57 Å². The highest BCUT2D eigenvalue weighted by Crippen LogP contribution is 2.16. The van der Waals surface area contributed by atoms with Crippen molar-refractivity contribution in [1.82, 2.24) is 4.57 Å². The second-order valence-corrected chi connectivity index (χ2v) is 4.73. The molecule has 0 aliphatic rings. The molecule has 3 aromatic rings. The summed E-state index contributed by atoms with van der Waals surface area (Å²) in [5.74, 6) is 0. The molecule has 0 fully saturated rings. The molecule has 0 bridgehead atoms. The van der Waals surface area contributed by atoms with E-state index in [1.165, 1.54) is 0 Å². The van der Waals surface area contributed by atoms with E-state index in [0.29, 0.717) is 6.54 Å². The summed E-state index contributed by atoms with van der Waals surface area (Å²) in [7, 11) is 0. The van der Waals surface area contributed by atoms with Crippen LogP contribution in [0.1, 0.15) is 5.56 Å². The lowest BCUT2D eigenvalue weighted by Gasteiger charge is -2.07. The third-order valence-corrected chi connectivity index (χ3v) is 3.30. The summed E-state index contributed by atoms with van der Waals surface area (Å²) in [4.78, 5) is 12.2. The minimum Gasteiger partial charge on any atom is -0.311 e. The van der Waals surface area contributed by atoms with Crippen molar-refractivity contribution in [2.24, 2.45) is 0 Å². The molecule has 0 spiro atoms. The Balaban J connectivity index is 1.91. The molecule has 0 saturated heterocycles. The highest BCUT2D eigenvalue weighted by Gasteiger charge is 2.01. The zero-order valence-electron chi connectivity index (χ0n) is 11.1. The summed E-state index contributed by atoms with van der Waals surface area (Å²) in [6.45, 7) is 0.606. The molecule has 1 heterocycles. The number of rotatable bonds is 3. The Morgan fingerprint density at radius 2 is 1.40 bits per heavy atom. The van der Waals surface area contributed by atoms with Gasteiger partial charge in [-0.3, -0.25) is 4.79 Å². The van der Waals surface area contributed by atoms with E-state index in [2.05, 4.69) is 0 Å². The largest absolute Gasteiger partial charge is 0.311 e. The van der Waals surface area contributed by atoms with Crippen molar-refractivity contribution < 1.29 is 0 Å². The summed E-state index contributed by atoms with van der Waals surface area (Å²) in [5.41, 5.74) is 3.17. The number of aromatic nitrogens is 1. The molecule has 0 amide bonds. The monoisotopic (exact) mass is 261 g/mol. The van der Waals surface area contributed by atoms with E-state index in [1.54, 1.807) is 10.6 Å². The normalized spacial score (nSPS) is 10.4. The van der Waals surface area contributed by atoms with Crippen molar-refractivity contribution in [1.29, 1.82) is 0 Å². The molecule has 2 aromatic carbocycles. The van der Waals surface area contributed by atoms with Gasteiger partial charge in [-0.15, -0.1) is 0 Å². The molecular formula is C18H15NO. The van der Waals surface area contributed by atoms with Gasteiger partial charge in [0.05, 0.1) is 6.54 Å². The molecule has 2 nitrogen and oxygen atoms in total. The SMILES string of the molecule is O=c1cc(-c2ccccc2)ccn1Cc1ccccc1. The summed E-state index contributed by atoms with van der Waals surface area (Å²) >= 11 is 0.